The smallest absolute Gasteiger partial charge is 0.410 e. The van der Waals surface area contributed by atoms with Crippen molar-refractivity contribution in [2.75, 3.05) is 19.6 Å². The monoisotopic (exact) mass is 318 g/mol. The van der Waals surface area contributed by atoms with Gasteiger partial charge < -0.3 is 14.5 Å². The van der Waals surface area contributed by atoms with Gasteiger partial charge in [0.1, 0.15) is 5.60 Å². The Kier molecular flexibility index (Phi) is 5.29. The maximum absolute atomic E-state index is 12.5. The van der Waals surface area contributed by atoms with E-state index in [1.54, 1.807) is 4.90 Å². The van der Waals surface area contributed by atoms with Crippen molar-refractivity contribution >= 4 is 12.0 Å². The van der Waals surface area contributed by atoms with Crippen LogP contribution in [0.15, 0.2) is 30.3 Å². The number of rotatable bonds is 2. The molecule has 1 aliphatic heterocycles. The van der Waals surface area contributed by atoms with Gasteiger partial charge in [0.15, 0.2) is 0 Å². The van der Waals surface area contributed by atoms with Crippen molar-refractivity contribution in [1.82, 2.24) is 9.80 Å². The summed E-state index contributed by atoms with van der Waals surface area (Å²) in [4.78, 5) is 28.1. The maximum atomic E-state index is 12.5. The van der Waals surface area contributed by atoms with Crippen LogP contribution in [0, 0.1) is 0 Å². The van der Waals surface area contributed by atoms with Crippen LogP contribution in [0.3, 0.4) is 0 Å². The Bertz CT molecular complexity index is 551. The highest BCUT2D eigenvalue weighted by atomic mass is 16.6. The van der Waals surface area contributed by atoms with E-state index in [0.29, 0.717) is 26.1 Å². The Hall–Kier alpha value is -2.04. The summed E-state index contributed by atoms with van der Waals surface area (Å²) in [5, 5.41) is 0. The van der Waals surface area contributed by atoms with Gasteiger partial charge in [0.05, 0.1) is 6.42 Å². The molecule has 0 aromatic heterocycles. The second kappa shape index (κ2) is 7.02. The van der Waals surface area contributed by atoms with Crippen LogP contribution in [0.1, 0.15) is 33.3 Å². The van der Waals surface area contributed by atoms with E-state index in [-0.39, 0.29) is 18.0 Å². The van der Waals surface area contributed by atoms with E-state index in [0.717, 1.165) is 5.56 Å². The summed E-state index contributed by atoms with van der Waals surface area (Å²) in [5.74, 6) is 0.104. The van der Waals surface area contributed by atoms with Crippen molar-refractivity contribution in [3.05, 3.63) is 35.9 Å². The molecule has 1 heterocycles. The second-order valence-electron chi connectivity index (χ2n) is 7.02. The zero-order valence-electron chi connectivity index (χ0n) is 14.4. The molecule has 1 aliphatic rings. The molecule has 2 rings (SSSR count). The Morgan fingerprint density at radius 2 is 1.83 bits per heavy atom. The second-order valence-corrected chi connectivity index (χ2v) is 7.02. The minimum absolute atomic E-state index is 0.00696. The Balaban J connectivity index is 1.91. The van der Waals surface area contributed by atoms with Crippen molar-refractivity contribution in [3.63, 3.8) is 0 Å². The molecule has 1 aromatic rings. The fraction of sp³-hybridized carbons (Fsp3) is 0.556. The number of benzene rings is 1. The third-order valence-corrected chi connectivity index (χ3v) is 3.80. The molecule has 126 valence electrons. The first-order valence-electron chi connectivity index (χ1n) is 8.07. The van der Waals surface area contributed by atoms with Gasteiger partial charge in [-0.1, -0.05) is 30.3 Å². The van der Waals surface area contributed by atoms with Crippen LogP contribution in [0.4, 0.5) is 4.79 Å². The Morgan fingerprint density at radius 1 is 1.17 bits per heavy atom. The van der Waals surface area contributed by atoms with Crippen LogP contribution < -0.4 is 0 Å². The lowest BCUT2D eigenvalue weighted by atomic mass is 10.1. The van der Waals surface area contributed by atoms with Gasteiger partial charge in [0.2, 0.25) is 5.91 Å². The molecule has 23 heavy (non-hydrogen) atoms. The van der Waals surface area contributed by atoms with Gasteiger partial charge >= 0.3 is 6.09 Å². The van der Waals surface area contributed by atoms with Crippen LogP contribution in [0.25, 0.3) is 0 Å². The molecule has 1 saturated heterocycles. The van der Waals surface area contributed by atoms with Crippen molar-refractivity contribution in [2.24, 2.45) is 0 Å². The van der Waals surface area contributed by atoms with Gasteiger partial charge in [0, 0.05) is 25.7 Å². The number of ether oxygens (including phenoxy) is 1. The molecule has 5 heteroatoms. The molecule has 1 atom stereocenters. The quantitative estimate of drug-likeness (QED) is 0.842. The van der Waals surface area contributed by atoms with Gasteiger partial charge in [-0.25, -0.2) is 4.79 Å². The van der Waals surface area contributed by atoms with Crippen LogP contribution in [0.5, 0.6) is 0 Å². The predicted molar refractivity (Wildman–Crippen MR) is 89.1 cm³/mol. The molecule has 0 N–H and O–H groups in total. The zero-order chi connectivity index (χ0) is 17.0. The third-order valence-electron chi connectivity index (χ3n) is 3.80. The van der Waals surface area contributed by atoms with Crippen molar-refractivity contribution in [1.29, 1.82) is 0 Å². The molecule has 1 fully saturated rings. The normalized spacial score (nSPS) is 18.7. The average Bonchev–Trinajstić information content (AvgIpc) is 2.46. The molecular weight excluding hydrogens is 292 g/mol. The average molecular weight is 318 g/mol. The summed E-state index contributed by atoms with van der Waals surface area (Å²) < 4.78 is 5.40. The lowest BCUT2D eigenvalue weighted by Gasteiger charge is -2.40. The van der Waals surface area contributed by atoms with E-state index in [4.69, 9.17) is 4.74 Å². The molecule has 1 unspecified atom stereocenters. The van der Waals surface area contributed by atoms with Gasteiger partial charge in [-0.05, 0) is 33.3 Å². The number of carbonyl (C=O) groups is 2. The summed E-state index contributed by atoms with van der Waals surface area (Å²) in [6, 6.07) is 9.72. The number of piperazine rings is 1. The SMILES string of the molecule is CC1CN(C(=O)OC(C)(C)C)CCN1C(=O)Cc1ccccc1. The summed E-state index contributed by atoms with van der Waals surface area (Å²) in [5.41, 5.74) is 0.514. The van der Waals surface area contributed by atoms with E-state index < -0.39 is 5.60 Å². The first kappa shape index (κ1) is 17.3. The van der Waals surface area contributed by atoms with Crippen LogP contribution in [-0.2, 0) is 16.0 Å². The highest BCUT2D eigenvalue weighted by molar-refractivity contribution is 5.79. The van der Waals surface area contributed by atoms with Crippen molar-refractivity contribution in [2.45, 2.75) is 45.8 Å². The van der Waals surface area contributed by atoms with Crippen LogP contribution in [-0.4, -0.2) is 53.1 Å². The predicted octanol–water partition coefficient (Wildman–Crippen LogP) is 2.70. The molecule has 0 spiro atoms. The highest BCUT2D eigenvalue weighted by Gasteiger charge is 2.31. The topological polar surface area (TPSA) is 49.9 Å². The fourth-order valence-corrected chi connectivity index (χ4v) is 2.69. The van der Waals surface area contributed by atoms with E-state index in [2.05, 4.69) is 0 Å². The lowest BCUT2D eigenvalue weighted by molar-refractivity contribution is -0.134. The fourth-order valence-electron chi connectivity index (χ4n) is 2.69. The zero-order valence-corrected chi connectivity index (χ0v) is 14.4. The van der Waals surface area contributed by atoms with Gasteiger partial charge in [-0.2, -0.15) is 0 Å². The van der Waals surface area contributed by atoms with Gasteiger partial charge in [0.25, 0.3) is 0 Å². The van der Waals surface area contributed by atoms with E-state index in [1.165, 1.54) is 0 Å². The number of amides is 2. The molecule has 5 nitrogen and oxygen atoms in total. The number of hydrogen-bond donors (Lipinski definition) is 0. The summed E-state index contributed by atoms with van der Waals surface area (Å²) in [6.45, 7) is 9.11. The van der Waals surface area contributed by atoms with E-state index in [9.17, 15) is 9.59 Å². The highest BCUT2D eigenvalue weighted by Crippen LogP contribution is 2.16. The molecule has 0 radical (unpaired) electrons. The van der Waals surface area contributed by atoms with Crippen LogP contribution in [0.2, 0.25) is 0 Å². The molecule has 0 aliphatic carbocycles. The summed E-state index contributed by atoms with van der Waals surface area (Å²) in [6.07, 6.45) is 0.0944. The van der Waals surface area contributed by atoms with E-state index in [1.807, 2.05) is 62.9 Å². The van der Waals surface area contributed by atoms with E-state index >= 15 is 0 Å². The summed E-state index contributed by atoms with van der Waals surface area (Å²) >= 11 is 0. The Morgan fingerprint density at radius 3 is 2.39 bits per heavy atom. The third kappa shape index (κ3) is 4.98. The van der Waals surface area contributed by atoms with Crippen molar-refractivity contribution < 1.29 is 14.3 Å². The first-order chi connectivity index (χ1) is 10.8. The standard InChI is InChI=1S/C18H26N2O3/c1-14-13-19(17(22)23-18(2,3)4)10-11-20(14)16(21)12-15-8-6-5-7-9-15/h5-9,14H,10-13H2,1-4H3. The Labute approximate surface area is 138 Å². The molecule has 2 amide bonds. The largest absolute Gasteiger partial charge is 0.444 e. The minimum atomic E-state index is -0.499. The number of nitrogens with zero attached hydrogens (tertiary/aromatic N) is 2. The number of hydrogen-bond acceptors (Lipinski definition) is 3. The maximum Gasteiger partial charge on any atom is 0.410 e. The van der Waals surface area contributed by atoms with Gasteiger partial charge in [-0.15, -0.1) is 0 Å². The minimum Gasteiger partial charge on any atom is -0.444 e. The van der Waals surface area contributed by atoms with Crippen LogP contribution >= 0.6 is 0 Å². The number of carbonyl (C=O) groups excluding carboxylic acids is 2. The molecule has 0 bridgehead atoms. The van der Waals surface area contributed by atoms with Gasteiger partial charge in [-0.3, -0.25) is 4.79 Å². The molecule has 1 aromatic carbocycles. The first-order valence-corrected chi connectivity index (χ1v) is 8.07. The van der Waals surface area contributed by atoms with Crippen molar-refractivity contribution in [3.8, 4) is 0 Å². The summed E-state index contributed by atoms with van der Waals surface area (Å²) in [7, 11) is 0. The molecule has 0 saturated carbocycles. The molecular formula is C18H26N2O3. The lowest BCUT2D eigenvalue weighted by Crippen LogP contribution is -2.56.